The van der Waals surface area contributed by atoms with E-state index in [1.54, 1.807) is 53.1 Å². The molecule has 4 heterocycles. The maximum absolute atomic E-state index is 12.9. The molecule has 0 fully saturated rings. The van der Waals surface area contributed by atoms with E-state index in [0.717, 1.165) is 5.56 Å². The third-order valence-electron chi connectivity index (χ3n) is 6.13. The van der Waals surface area contributed by atoms with E-state index in [-0.39, 0.29) is 27.8 Å². The molecule has 212 valence electrons. The van der Waals surface area contributed by atoms with Crippen LogP contribution in [0.3, 0.4) is 0 Å². The summed E-state index contributed by atoms with van der Waals surface area (Å²) in [6.45, 7) is 4.10. The molecule has 0 radical (unpaired) electrons. The van der Waals surface area contributed by atoms with Gasteiger partial charge in [-0.1, -0.05) is 29.8 Å². The number of aryl methyl sites for hydroxylation is 1. The number of halogens is 1. The van der Waals surface area contributed by atoms with Crippen molar-refractivity contribution in [1.29, 1.82) is 0 Å². The van der Waals surface area contributed by atoms with Crippen LogP contribution >= 0.6 is 11.6 Å². The number of pyridine rings is 2. The van der Waals surface area contributed by atoms with Crippen LogP contribution in [0.4, 0.5) is 0 Å². The van der Waals surface area contributed by atoms with Crippen LogP contribution in [-0.4, -0.2) is 58.7 Å². The van der Waals surface area contributed by atoms with E-state index in [1.165, 1.54) is 20.4 Å². The van der Waals surface area contributed by atoms with Crippen LogP contribution in [0.5, 0.6) is 17.4 Å². The first-order valence-corrected chi connectivity index (χ1v) is 14.4. The monoisotopic (exact) mass is 595 g/mol. The van der Waals surface area contributed by atoms with Gasteiger partial charge in [-0.15, -0.1) is 0 Å². The highest BCUT2D eigenvalue weighted by Crippen LogP contribution is 2.39. The Bertz CT molecular complexity index is 1820. The average molecular weight is 596 g/mol. The summed E-state index contributed by atoms with van der Waals surface area (Å²) >= 11 is 6.57. The van der Waals surface area contributed by atoms with Gasteiger partial charge in [-0.05, 0) is 43.7 Å². The van der Waals surface area contributed by atoms with Crippen LogP contribution in [-0.2, 0) is 10.0 Å². The molecule has 2 N–H and O–H groups in total. The maximum atomic E-state index is 12.9. The smallest absolute Gasteiger partial charge is 0.223 e. The normalized spacial score (nSPS) is 12.3. The number of rotatable bonds is 9. The molecular weight excluding hydrogens is 570 g/mol. The van der Waals surface area contributed by atoms with E-state index >= 15 is 0 Å². The van der Waals surface area contributed by atoms with Gasteiger partial charge in [0.15, 0.2) is 27.5 Å². The number of nitrogens with zero attached hydrogens (tertiary/aromatic N) is 6. The number of methoxy groups -OCH3 is 2. The molecule has 1 unspecified atom stereocenters. The van der Waals surface area contributed by atoms with Crippen molar-refractivity contribution in [2.75, 3.05) is 20.8 Å². The Morgan fingerprint density at radius 3 is 2.29 bits per heavy atom. The number of para-hydroxylation sites is 1. The Hall–Kier alpha value is -4.33. The van der Waals surface area contributed by atoms with Crippen molar-refractivity contribution in [2.45, 2.75) is 19.1 Å². The number of ether oxygens (including phenoxy) is 3. The van der Waals surface area contributed by atoms with Crippen molar-refractivity contribution in [3.05, 3.63) is 76.8 Å². The number of sulfonamides is 1. The second-order valence-electron chi connectivity index (χ2n) is 8.85. The van der Waals surface area contributed by atoms with Gasteiger partial charge in [-0.25, -0.2) is 33.5 Å². The van der Waals surface area contributed by atoms with Gasteiger partial charge in [0.05, 0.1) is 26.5 Å². The molecule has 0 aliphatic carbocycles. The molecular formula is C27H26ClN7O5S. The number of fused-ring (bicyclic) bond motifs is 1. The number of nitrogens with two attached hydrogens (primary N) is 1. The molecule has 0 aliphatic rings. The number of primary sulfonamides is 1. The van der Waals surface area contributed by atoms with Crippen molar-refractivity contribution in [3.8, 4) is 34.6 Å². The summed E-state index contributed by atoms with van der Waals surface area (Å²) < 4.78 is 44.4. The molecule has 0 saturated heterocycles. The molecule has 4 aromatic heterocycles. The molecule has 0 aliphatic heterocycles. The SMILES string of the molecule is CCOc1cccc(-c2nc3nc(Cl)c(C(c4ccc(C)cn4)S(N)(=O)=O)nc3n2-c2c(OC)cccc2OC)n1. The zero-order valence-corrected chi connectivity index (χ0v) is 24.1. The van der Waals surface area contributed by atoms with Crippen LogP contribution in [0.15, 0.2) is 54.7 Å². The van der Waals surface area contributed by atoms with E-state index in [2.05, 4.69) is 15.0 Å². The van der Waals surface area contributed by atoms with Crippen LogP contribution in [0, 0.1) is 6.92 Å². The largest absolute Gasteiger partial charge is 0.494 e. The Labute approximate surface area is 241 Å². The highest BCUT2D eigenvalue weighted by molar-refractivity contribution is 7.89. The summed E-state index contributed by atoms with van der Waals surface area (Å²) in [7, 11) is -1.27. The average Bonchev–Trinajstić information content (AvgIpc) is 3.31. The minimum absolute atomic E-state index is 0.115. The third-order valence-corrected chi connectivity index (χ3v) is 7.53. The van der Waals surface area contributed by atoms with Gasteiger partial charge < -0.3 is 14.2 Å². The van der Waals surface area contributed by atoms with Crippen molar-refractivity contribution in [2.24, 2.45) is 5.14 Å². The summed E-state index contributed by atoms with van der Waals surface area (Å²) in [5.41, 5.74) is 1.99. The molecule has 5 aromatic rings. The fraction of sp³-hybridized carbons (Fsp3) is 0.222. The zero-order valence-electron chi connectivity index (χ0n) is 22.6. The summed E-state index contributed by atoms with van der Waals surface area (Å²) in [4.78, 5) is 22.7. The van der Waals surface area contributed by atoms with Gasteiger partial charge in [0.2, 0.25) is 15.9 Å². The van der Waals surface area contributed by atoms with Gasteiger partial charge >= 0.3 is 0 Å². The highest BCUT2D eigenvalue weighted by Gasteiger charge is 2.33. The summed E-state index contributed by atoms with van der Waals surface area (Å²) in [5.74, 6) is 1.54. The Morgan fingerprint density at radius 1 is 0.976 bits per heavy atom. The molecule has 5 rings (SSSR count). The van der Waals surface area contributed by atoms with Crippen molar-refractivity contribution in [3.63, 3.8) is 0 Å². The van der Waals surface area contributed by atoms with Crippen LogP contribution < -0.4 is 19.3 Å². The molecule has 14 heteroatoms. The quantitative estimate of drug-likeness (QED) is 0.264. The lowest BCUT2D eigenvalue weighted by molar-refractivity contribution is 0.327. The van der Waals surface area contributed by atoms with E-state index in [1.807, 2.05) is 13.8 Å². The summed E-state index contributed by atoms with van der Waals surface area (Å²) in [6.07, 6.45) is 1.53. The Morgan fingerprint density at radius 2 is 1.68 bits per heavy atom. The molecule has 0 amide bonds. The fourth-order valence-electron chi connectivity index (χ4n) is 4.35. The molecule has 12 nitrogen and oxygen atoms in total. The van der Waals surface area contributed by atoms with E-state index in [4.69, 9.17) is 40.9 Å². The molecule has 41 heavy (non-hydrogen) atoms. The predicted octanol–water partition coefficient (Wildman–Crippen LogP) is 4.03. The number of hydrogen-bond donors (Lipinski definition) is 1. The minimum atomic E-state index is -4.29. The van der Waals surface area contributed by atoms with Gasteiger partial charge in [0.25, 0.3) is 0 Å². The van der Waals surface area contributed by atoms with Crippen LogP contribution in [0.2, 0.25) is 5.15 Å². The first-order valence-electron chi connectivity index (χ1n) is 12.4. The summed E-state index contributed by atoms with van der Waals surface area (Å²) in [5, 5.41) is 4.00. The first-order chi connectivity index (χ1) is 19.7. The standard InChI is InChI=1S/C27H26ClN7O5S/c1-5-40-20-11-6-8-17(31-20)26-34-25-27(35(26)22-18(38-3)9-7-10-19(22)39-4)32-21(24(28)33-25)23(41(29,36)37)16-13-12-15(2)14-30-16/h6-14,23H,5H2,1-4H3,(H2,29,36,37). The van der Waals surface area contributed by atoms with Gasteiger partial charge in [-0.3, -0.25) is 9.55 Å². The minimum Gasteiger partial charge on any atom is -0.494 e. The Balaban J connectivity index is 1.88. The second-order valence-corrected chi connectivity index (χ2v) is 10.9. The first kappa shape index (κ1) is 28.2. The van der Waals surface area contributed by atoms with Crippen molar-refractivity contribution >= 4 is 32.9 Å². The predicted molar refractivity (Wildman–Crippen MR) is 153 cm³/mol. The van der Waals surface area contributed by atoms with Crippen molar-refractivity contribution < 1.29 is 22.6 Å². The van der Waals surface area contributed by atoms with Crippen molar-refractivity contribution in [1.82, 2.24) is 29.5 Å². The highest BCUT2D eigenvalue weighted by atomic mass is 35.5. The van der Waals surface area contributed by atoms with Crippen LogP contribution in [0.25, 0.3) is 28.5 Å². The molecule has 0 saturated carbocycles. The lowest BCUT2D eigenvalue weighted by atomic mass is 10.2. The molecule has 0 bridgehead atoms. The lowest BCUT2D eigenvalue weighted by Crippen LogP contribution is -2.25. The number of aromatic nitrogens is 6. The lowest BCUT2D eigenvalue weighted by Gasteiger charge is -2.18. The van der Waals surface area contributed by atoms with E-state index in [9.17, 15) is 8.42 Å². The number of hydrogen-bond acceptors (Lipinski definition) is 10. The second kappa shape index (κ2) is 11.3. The van der Waals surface area contributed by atoms with E-state index < -0.39 is 15.3 Å². The Kier molecular flexibility index (Phi) is 7.76. The topological polar surface area (TPSA) is 157 Å². The van der Waals surface area contributed by atoms with Gasteiger partial charge in [0.1, 0.15) is 28.6 Å². The van der Waals surface area contributed by atoms with Gasteiger partial charge in [-0.2, -0.15) is 0 Å². The van der Waals surface area contributed by atoms with E-state index in [0.29, 0.717) is 41.2 Å². The third kappa shape index (κ3) is 5.38. The number of benzene rings is 1. The molecule has 0 spiro atoms. The molecule has 1 aromatic carbocycles. The molecule has 1 atom stereocenters. The number of imidazole rings is 1. The maximum Gasteiger partial charge on any atom is 0.223 e. The van der Waals surface area contributed by atoms with Crippen LogP contribution in [0.1, 0.15) is 29.1 Å². The zero-order chi connectivity index (χ0) is 29.3. The van der Waals surface area contributed by atoms with Gasteiger partial charge in [0, 0.05) is 12.3 Å². The summed E-state index contributed by atoms with van der Waals surface area (Å²) in [6, 6.07) is 13.8. The fourth-order valence-corrected chi connectivity index (χ4v) is 5.60.